The number of benzene rings is 1. The molecule has 0 spiro atoms. The Balaban J connectivity index is 1.87. The van der Waals surface area contributed by atoms with Crippen LogP contribution in [-0.2, 0) is 10.0 Å². The average molecular weight is 295 g/mol. The van der Waals surface area contributed by atoms with Gasteiger partial charge in [-0.25, -0.2) is 13.1 Å². The summed E-state index contributed by atoms with van der Waals surface area (Å²) in [7, 11) is -3.41. The number of anilines is 1. The summed E-state index contributed by atoms with van der Waals surface area (Å²) < 4.78 is 27.7. The number of hydrogen-bond acceptors (Lipinski definition) is 4. The summed E-state index contributed by atoms with van der Waals surface area (Å²) in [5, 5.41) is 0. The van der Waals surface area contributed by atoms with Crippen molar-refractivity contribution in [3.63, 3.8) is 0 Å². The minimum atomic E-state index is -3.41. The lowest BCUT2D eigenvalue weighted by Crippen LogP contribution is -2.40. The molecule has 5 nitrogen and oxygen atoms in total. The number of rotatable bonds is 4. The zero-order chi connectivity index (χ0) is 14.2. The number of piperidine rings is 1. The van der Waals surface area contributed by atoms with Gasteiger partial charge in [0.15, 0.2) is 0 Å². The van der Waals surface area contributed by atoms with E-state index in [1.54, 1.807) is 12.1 Å². The first-order valence-corrected chi connectivity index (χ1v) is 8.66. The molecule has 3 N–H and O–H groups in total. The van der Waals surface area contributed by atoms with Crippen molar-refractivity contribution in [2.45, 2.75) is 42.7 Å². The molecule has 1 aromatic rings. The van der Waals surface area contributed by atoms with Crippen LogP contribution in [0.25, 0.3) is 0 Å². The Labute approximate surface area is 120 Å². The molecule has 1 saturated heterocycles. The van der Waals surface area contributed by atoms with Gasteiger partial charge in [0.05, 0.1) is 5.69 Å². The van der Waals surface area contributed by atoms with Crippen LogP contribution in [0.1, 0.15) is 25.7 Å². The van der Waals surface area contributed by atoms with Gasteiger partial charge >= 0.3 is 0 Å². The molecule has 110 valence electrons. The molecule has 2 fully saturated rings. The second kappa shape index (κ2) is 5.35. The molecule has 0 bridgehead atoms. The van der Waals surface area contributed by atoms with E-state index in [-0.39, 0.29) is 12.1 Å². The first kappa shape index (κ1) is 13.9. The van der Waals surface area contributed by atoms with Crippen LogP contribution < -0.4 is 15.4 Å². The van der Waals surface area contributed by atoms with E-state index in [0.29, 0.717) is 4.90 Å². The smallest absolute Gasteiger partial charge is 0.242 e. The van der Waals surface area contributed by atoms with Crippen molar-refractivity contribution in [1.82, 2.24) is 4.72 Å². The number of nitrogens with two attached hydrogens (primary N) is 1. The molecule has 20 heavy (non-hydrogen) atoms. The molecule has 1 aliphatic heterocycles. The summed E-state index contributed by atoms with van der Waals surface area (Å²) >= 11 is 0. The molecular formula is C14H21N3O2S. The van der Waals surface area contributed by atoms with E-state index in [0.717, 1.165) is 44.5 Å². The molecule has 0 radical (unpaired) electrons. The second-order valence-electron chi connectivity index (χ2n) is 5.69. The lowest BCUT2D eigenvalue weighted by atomic mass is 10.1. The summed E-state index contributed by atoms with van der Waals surface area (Å²) in [4.78, 5) is 2.52. The van der Waals surface area contributed by atoms with Crippen LogP contribution in [0.4, 0.5) is 5.69 Å². The summed E-state index contributed by atoms with van der Waals surface area (Å²) in [6, 6.07) is 7.61. The maximum atomic E-state index is 12.4. The van der Waals surface area contributed by atoms with E-state index < -0.39 is 10.0 Å². The van der Waals surface area contributed by atoms with E-state index >= 15 is 0 Å². The molecule has 3 rings (SSSR count). The van der Waals surface area contributed by atoms with Gasteiger partial charge in [0.1, 0.15) is 4.90 Å². The zero-order valence-corrected chi connectivity index (χ0v) is 12.3. The van der Waals surface area contributed by atoms with Crippen molar-refractivity contribution in [3.8, 4) is 0 Å². The van der Waals surface area contributed by atoms with Crippen molar-refractivity contribution in [3.05, 3.63) is 24.3 Å². The summed E-state index contributed by atoms with van der Waals surface area (Å²) in [5.41, 5.74) is 6.71. The highest BCUT2D eigenvalue weighted by Crippen LogP contribution is 2.29. The van der Waals surface area contributed by atoms with Gasteiger partial charge in [-0.15, -0.1) is 0 Å². The average Bonchev–Trinajstić information content (AvgIpc) is 3.23. The second-order valence-corrected chi connectivity index (χ2v) is 7.37. The molecule has 0 amide bonds. The normalized spacial score (nSPS) is 21.1. The Kier molecular flexibility index (Phi) is 3.70. The first-order valence-electron chi connectivity index (χ1n) is 7.18. The maximum Gasteiger partial charge on any atom is 0.242 e. The molecule has 1 heterocycles. The Hall–Kier alpha value is -1.11. The van der Waals surface area contributed by atoms with Gasteiger partial charge in [-0.05, 0) is 37.8 Å². The van der Waals surface area contributed by atoms with Gasteiger partial charge in [-0.1, -0.05) is 12.1 Å². The third kappa shape index (κ3) is 2.97. The number of para-hydroxylation sites is 1. The SMILES string of the molecule is NC1CCN(c2ccccc2S(=O)(=O)NC2CC2)CC1. The van der Waals surface area contributed by atoms with Gasteiger partial charge in [-0.2, -0.15) is 0 Å². The Morgan fingerprint density at radius 3 is 2.40 bits per heavy atom. The van der Waals surface area contributed by atoms with E-state index in [9.17, 15) is 8.42 Å². The van der Waals surface area contributed by atoms with Gasteiger partial charge < -0.3 is 10.6 Å². The van der Waals surface area contributed by atoms with Crippen LogP contribution in [0.5, 0.6) is 0 Å². The zero-order valence-electron chi connectivity index (χ0n) is 11.5. The van der Waals surface area contributed by atoms with Crippen LogP contribution in [0.3, 0.4) is 0 Å². The van der Waals surface area contributed by atoms with Crippen molar-refractivity contribution in [2.75, 3.05) is 18.0 Å². The van der Waals surface area contributed by atoms with Gasteiger partial charge in [0.25, 0.3) is 0 Å². The molecule has 6 heteroatoms. The molecule has 1 saturated carbocycles. The fourth-order valence-corrected chi connectivity index (χ4v) is 4.10. The van der Waals surface area contributed by atoms with Crippen LogP contribution in [0.2, 0.25) is 0 Å². The third-order valence-corrected chi connectivity index (χ3v) is 5.50. The van der Waals surface area contributed by atoms with Crippen LogP contribution in [-0.4, -0.2) is 33.6 Å². The lowest BCUT2D eigenvalue weighted by molar-refractivity contribution is 0.499. The minimum Gasteiger partial charge on any atom is -0.370 e. The van der Waals surface area contributed by atoms with Crippen LogP contribution in [0, 0.1) is 0 Å². The maximum absolute atomic E-state index is 12.4. The third-order valence-electron chi connectivity index (χ3n) is 3.93. The molecule has 0 atom stereocenters. The Morgan fingerprint density at radius 1 is 1.10 bits per heavy atom. The van der Waals surface area contributed by atoms with E-state index in [4.69, 9.17) is 5.73 Å². The predicted octanol–water partition coefficient (Wildman–Crippen LogP) is 1.05. The molecule has 2 aliphatic rings. The molecule has 0 unspecified atom stereocenters. The van der Waals surface area contributed by atoms with Gasteiger partial charge in [0, 0.05) is 25.2 Å². The van der Waals surface area contributed by atoms with E-state index in [1.165, 1.54) is 0 Å². The van der Waals surface area contributed by atoms with Gasteiger partial charge in [0.2, 0.25) is 10.0 Å². The summed E-state index contributed by atoms with van der Waals surface area (Å²) in [6.07, 6.45) is 3.70. The summed E-state index contributed by atoms with van der Waals surface area (Å²) in [6.45, 7) is 1.63. The monoisotopic (exact) mass is 295 g/mol. The van der Waals surface area contributed by atoms with Crippen LogP contribution in [0.15, 0.2) is 29.2 Å². The number of sulfonamides is 1. The molecule has 1 aliphatic carbocycles. The Bertz CT molecular complexity index is 576. The molecular weight excluding hydrogens is 274 g/mol. The summed E-state index contributed by atoms with van der Waals surface area (Å²) in [5.74, 6) is 0. The largest absolute Gasteiger partial charge is 0.370 e. The highest BCUT2D eigenvalue weighted by atomic mass is 32.2. The molecule has 0 aromatic heterocycles. The van der Waals surface area contributed by atoms with Gasteiger partial charge in [-0.3, -0.25) is 0 Å². The molecule has 1 aromatic carbocycles. The number of nitrogens with one attached hydrogen (secondary N) is 1. The quantitative estimate of drug-likeness (QED) is 0.871. The fourth-order valence-electron chi connectivity index (χ4n) is 2.57. The Morgan fingerprint density at radius 2 is 1.75 bits per heavy atom. The highest BCUT2D eigenvalue weighted by molar-refractivity contribution is 7.89. The van der Waals surface area contributed by atoms with Crippen molar-refractivity contribution >= 4 is 15.7 Å². The van der Waals surface area contributed by atoms with Crippen molar-refractivity contribution in [2.24, 2.45) is 5.73 Å². The van der Waals surface area contributed by atoms with Crippen molar-refractivity contribution < 1.29 is 8.42 Å². The van der Waals surface area contributed by atoms with E-state index in [1.807, 2.05) is 12.1 Å². The van der Waals surface area contributed by atoms with E-state index in [2.05, 4.69) is 9.62 Å². The highest BCUT2D eigenvalue weighted by Gasteiger charge is 2.30. The van der Waals surface area contributed by atoms with Crippen LogP contribution >= 0.6 is 0 Å². The topological polar surface area (TPSA) is 75.4 Å². The van der Waals surface area contributed by atoms with Crippen molar-refractivity contribution in [1.29, 1.82) is 0 Å². The lowest BCUT2D eigenvalue weighted by Gasteiger charge is -2.33. The first-order chi connectivity index (χ1) is 9.56. The minimum absolute atomic E-state index is 0.128. The fraction of sp³-hybridized carbons (Fsp3) is 0.571. The standard InChI is InChI=1S/C14H21N3O2S/c15-11-7-9-17(10-8-11)13-3-1-2-4-14(13)20(18,19)16-12-5-6-12/h1-4,11-12,16H,5-10,15H2. The number of hydrogen-bond donors (Lipinski definition) is 2. The number of nitrogens with zero attached hydrogens (tertiary/aromatic N) is 1. The predicted molar refractivity (Wildman–Crippen MR) is 79.2 cm³/mol.